The summed E-state index contributed by atoms with van der Waals surface area (Å²) in [4.78, 5) is 0. The molecule has 0 saturated heterocycles. The van der Waals surface area contributed by atoms with Gasteiger partial charge in [0, 0.05) is 0 Å². The SMILES string of the molecule is C=CCCc1ccc(-c2ccc(OC(F)(F)CCc3ccc(OCC)c(F)c3F)cc2)cc1. The van der Waals surface area contributed by atoms with Crippen molar-refractivity contribution >= 4 is 0 Å². The fourth-order valence-corrected chi connectivity index (χ4v) is 3.38. The van der Waals surface area contributed by atoms with Crippen molar-refractivity contribution in [2.45, 2.75) is 38.7 Å². The van der Waals surface area contributed by atoms with Gasteiger partial charge in [0.2, 0.25) is 5.82 Å². The number of hydrogen-bond acceptors (Lipinski definition) is 2. The molecule has 174 valence electrons. The van der Waals surface area contributed by atoms with Gasteiger partial charge in [0.05, 0.1) is 13.0 Å². The van der Waals surface area contributed by atoms with Gasteiger partial charge in [-0.1, -0.05) is 48.5 Å². The van der Waals surface area contributed by atoms with Crippen LogP contribution in [0.5, 0.6) is 11.5 Å². The Balaban J connectivity index is 1.61. The zero-order chi connectivity index (χ0) is 23.8. The molecule has 3 aromatic carbocycles. The lowest BCUT2D eigenvalue weighted by molar-refractivity contribution is -0.180. The Hall–Kier alpha value is -3.28. The number of benzene rings is 3. The second kappa shape index (κ2) is 11.0. The number of alkyl halides is 2. The minimum atomic E-state index is -3.55. The smallest absolute Gasteiger partial charge is 0.398 e. The fraction of sp³-hybridized carbons (Fsp3) is 0.259. The Bertz CT molecular complexity index is 1060. The first-order valence-electron chi connectivity index (χ1n) is 10.8. The number of halogens is 4. The van der Waals surface area contributed by atoms with Gasteiger partial charge in [0.1, 0.15) is 5.75 Å². The third kappa shape index (κ3) is 6.60. The molecule has 0 aromatic heterocycles. The maximum Gasteiger partial charge on any atom is 0.398 e. The van der Waals surface area contributed by atoms with E-state index in [2.05, 4.69) is 6.58 Å². The molecule has 0 saturated carbocycles. The van der Waals surface area contributed by atoms with Crippen molar-refractivity contribution in [3.63, 3.8) is 0 Å². The van der Waals surface area contributed by atoms with Gasteiger partial charge in [-0.2, -0.15) is 13.2 Å². The van der Waals surface area contributed by atoms with E-state index in [9.17, 15) is 17.6 Å². The quantitative estimate of drug-likeness (QED) is 0.216. The molecule has 6 heteroatoms. The van der Waals surface area contributed by atoms with E-state index in [1.165, 1.54) is 29.8 Å². The van der Waals surface area contributed by atoms with Crippen LogP contribution in [0.25, 0.3) is 11.1 Å². The number of aryl methyl sites for hydroxylation is 2. The van der Waals surface area contributed by atoms with Crippen molar-refractivity contribution in [3.8, 4) is 22.6 Å². The lowest BCUT2D eigenvalue weighted by atomic mass is 10.0. The Morgan fingerprint density at radius 1 is 0.848 bits per heavy atom. The average Bonchev–Trinajstić information content (AvgIpc) is 2.81. The number of rotatable bonds is 11. The van der Waals surface area contributed by atoms with Crippen molar-refractivity contribution in [1.82, 2.24) is 0 Å². The fourth-order valence-electron chi connectivity index (χ4n) is 3.38. The summed E-state index contributed by atoms with van der Waals surface area (Å²) in [5.74, 6) is -2.61. The standard InChI is InChI=1S/C27H26F4O2/c1-3-5-6-19-7-9-20(10-8-19)21-11-14-23(15-12-21)33-27(30,31)18-17-22-13-16-24(32-4-2)26(29)25(22)28/h3,7-16H,1,4-6,17-18H2,2H3. The van der Waals surface area contributed by atoms with E-state index in [4.69, 9.17) is 9.47 Å². The van der Waals surface area contributed by atoms with Crippen LogP contribution in [0.1, 0.15) is 30.9 Å². The molecule has 0 heterocycles. The molecule has 0 aliphatic rings. The molecule has 33 heavy (non-hydrogen) atoms. The first-order chi connectivity index (χ1) is 15.8. The first kappa shape index (κ1) is 24.4. The maximum atomic E-state index is 14.3. The van der Waals surface area contributed by atoms with Gasteiger partial charge in [-0.25, -0.2) is 4.39 Å². The third-order valence-corrected chi connectivity index (χ3v) is 5.16. The Kier molecular flexibility index (Phi) is 8.15. The van der Waals surface area contributed by atoms with Gasteiger partial charge >= 0.3 is 6.11 Å². The van der Waals surface area contributed by atoms with Gasteiger partial charge in [0.25, 0.3) is 0 Å². The summed E-state index contributed by atoms with van der Waals surface area (Å²) in [6, 6.07) is 16.8. The summed E-state index contributed by atoms with van der Waals surface area (Å²) in [5, 5.41) is 0. The monoisotopic (exact) mass is 458 g/mol. The van der Waals surface area contributed by atoms with E-state index in [1.54, 1.807) is 19.1 Å². The maximum absolute atomic E-state index is 14.3. The van der Waals surface area contributed by atoms with Crippen LogP contribution in [-0.2, 0) is 12.8 Å². The van der Waals surface area contributed by atoms with Crippen LogP contribution in [0.4, 0.5) is 17.6 Å². The number of allylic oxidation sites excluding steroid dienone is 1. The Labute approximate surface area is 191 Å². The molecule has 0 atom stereocenters. The van der Waals surface area contributed by atoms with Crippen molar-refractivity contribution in [2.75, 3.05) is 6.61 Å². The van der Waals surface area contributed by atoms with E-state index in [-0.39, 0.29) is 23.7 Å². The summed E-state index contributed by atoms with van der Waals surface area (Å²) in [6.45, 7) is 5.52. The zero-order valence-electron chi connectivity index (χ0n) is 18.4. The topological polar surface area (TPSA) is 18.5 Å². The molecule has 0 spiro atoms. The van der Waals surface area contributed by atoms with E-state index in [0.29, 0.717) is 0 Å². The van der Waals surface area contributed by atoms with Gasteiger partial charge in [-0.05, 0) is 66.6 Å². The van der Waals surface area contributed by atoms with Crippen molar-refractivity contribution < 1.29 is 27.0 Å². The van der Waals surface area contributed by atoms with Crippen LogP contribution in [0.15, 0.2) is 73.3 Å². The van der Waals surface area contributed by atoms with E-state index in [1.807, 2.05) is 30.3 Å². The minimum Gasteiger partial charge on any atom is -0.491 e. The van der Waals surface area contributed by atoms with Crippen LogP contribution in [-0.4, -0.2) is 12.7 Å². The summed E-state index contributed by atoms with van der Waals surface area (Å²) in [6.07, 6.45) is -1.05. The van der Waals surface area contributed by atoms with E-state index >= 15 is 0 Å². The predicted octanol–water partition coefficient (Wildman–Crippen LogP) is 7.75. The van der Waals surface area contributed by atoms with E-state index < -0.39 is 30.6 Å². The van der Waals surface area contributed by atoms with Crippen LogP contribution in [0.3, 0.4) is 0 Å². The molecule has 0 aliphatic carbocycles. The second-order valence-corrected chi connectivity index (χ2v) is 7.57. The third-order valence-electron chi connectivity index (χ3n) is 5.16. The summed E-state index contributed by atoms with van der Waals surface area (Å²) >= 11 is 0. The number of hydrogen-bond donors (Lipinski definition) is 0. The molecular formula is C27H26F4O2. The molecule has 0 amide bonds. The van der Waals surface area contributed by atoms with Crippen LogP contribution in [0.2, 0.25) is 0 Å². The van der Waals surface area contributed by atoms with Gasteiger partial charge in [0.15, 0.2) is 11.6 Å². The van der Waals surface area contributed by atoms with Crippen LogP contribution < -0.4 is 9.47 Å². The van der Waals surface area contributed by atoms with Gasteiger partial charge < -0.3 is 9.47 Å². The molecule has 0 fully saturated rings. The second-order valence-electron chi connectivity index (χ2n) is 7.57. The summed E-state index contributed by atoms with van der Waals surface area (Å²) < 4.78 is 66.5. The molecule has 0 aliphatic heterocycles. The summed E-state index contributed by atoms with van der Waals surface area (Å²) in [7, 11) is 0. The average molecular weight is 458 g/mol. The highest BCUT2D eigenvalue weighted by Gasteiger charge is 2.32. The lowest BCUT2D eigenvalue weighted by Gasteiger charge is -2.18. The molecule has 2 nitrogen and oxygen atoms in total. The lowest BCUT2D eigenvalue weighted by Crippen LogP contribution is -2.25. The first-order valence-corrected chi connectivity index (χ1v) is 10.8. The van der Waals surface area contributed by atoms with Crippen LogP contribution >= 0.6 is 0 Å². The molecule has 3 aromatic rings. The molecular weight excluding hydrogens is 432 g/mol. The highest BCUT2D eigenvalue weighted by Crippen LogP contribution is 2.30. The van der Waals surface area contributed by atoms with Crippen molar-refractivity contribution in [3.05, 3.63) is 96.1 Å². The highest BCUT2D eigenvalue weighted by atomic mass is 19.3. The molecule has 0 N–H and O–H groups in total. The zero-order valence-corrected chi connectivity index (χ0v) is 18.4. The highest BCUT2D eigenvalue weighted by molar-refractivity contribution is 5.64. The van der Waals surface area contributed by atoms with Crippen LogP contribution in [0, 0.1) is 11.6 Å². The van der Waals surface area contributed by atoms with Gasteiger partial charge in [-0.15, -0.1) is 6.58 Å². The molecule has 0 radical (unpaired) electrons. The Morgan fingerprint density at radius 2 is 1.48 bits per heavy atom. The normalized spacial score (nSPS) is 11.3. The van der Waals surface area contributed by atoms with Crippen molar-refractivity contribution in [2.24, 2.45) is 0 Å². The molecule has 0 bridgehead atoms. The molecule has 0 unspecified atom stereocenters. The molecule has 3 rings (SSSR count). The van der Waals surface area contributed by atoms with Crippen molar-refractivity contribution in [1.29, 1.82) is 0 Å². The van der Waals surface area contributed by atoms with E-state index in [0.717, 1.165) is 24.0 Å². The number of ether oxygens (including phenoxy) is 2. The predicted molar refractivity (Wildman–Crippen MR) is 122 cm³/mol. The Morgan fingerprint density at radius 3 is 2.09 bits per heavy atom. The summed E-state index contributed by atoms with van der Waals surface area (Å²) in [5.41, 5.74) is 2.87. The minimum absolute atomic E-state index is 0.00954. The van der Waals surface area contributed by atoms with Gasteiger partial charge in [-0.3, -0.25) is 0 Å². The largest absolute Gasteiger partial charge is 0.491 e.